The van der Waals surface area contributed by atoms with E-state index in [-0.39, 0.29) is 0 Å². The maximum atomic E-state index is 5.72. The van der Waals surface area contributed by atoms with Gasteiger partial charge < -0.3 is 19.9 Å². The SMILES string of the molecule is CCOc1nc(OCCOCC(C)C)ccc1N. The predicted molar refractivity (Wildman–Crippen MR) is 71.0 cm³/mol. The highest BCUT2D eigenvalue weighted by Gasteiger charge is 2.04. The number of hydrogen-bond acceptors (Lipinski definition) is 5. The van der Waals surface area contributed by atoms with Crippen LogP contribution in [0.1, 0.15) is 20.8 Å². The second-order valence-electron chi connectivity index (χ2n) is 4.29. The first-order valence-electron chi connectivity index (χ1n) is 6.23. The quantitative estimate of drug-likeness (QED) is 0.720. The summed E-state index contributed by atoms with van der Waals surface area (Å²) < 4.78 is 16.2. The summed E-state index contributed by atoms with van der Waals surface area (Å²) in [6.07, 6.45) is 0. The Bertz CT molecular complexity index is 356. The van der Waals surface area contributed by atoms with Crippen LogP contribution >= 0.6 is 0 Å². The summed E-state index contributed by atoms with van der Waals surface area (Å²) in [4.78, 5) is 4.17. The van der Waals surface area contributed by atoms with Crippen LogP contribution in [-0.4, -0.2) is 31.4 Å². The first-order chi connectivity index (χ1) is 8.63. The van der Waals surface area contributed by atoms with Crippen LogP contribution in [0, 0.1) is 5.92 Å². The lowest BCUT2D eigenvalue weighted by Gasteiger charge is -2.10. The number of pyridine rings is 1. The van der Waals surface area contributed by atoms with E-state index in [0.717, 1.165) is 6.61 Å². The van der Waals surface area contributed by atoms with Crippen LogP contribution in [-0.2, 0) is 4.74 Å². The Kier molecular flexibility index (Phi) is 6.28. The van der Waals surface area contributed by atoms with Crippen molar-refractivity contribution in [2.24, 2.45) is 5.92 Å². The van der Waals surface area contributed by atoms with Crippen LogP contribution in [0.15, 0.2) is 12.1 Å². The van der Waals surface area contributed by atoms with Crippen molar-refractivity contribution in [2.75, 3.05) is 32.2 Å². The van der Waals surface area contributed by atoms with Crippen molar-refractivity contribution in [1.29, 1.82) is 0 Å². The first kappa shape index (κ1) is 14.6. The van der Waals surface area contributed by atoms with E-state index in [1.165, 1.54) is 0 Å². The number of nitrogens with zero attached hydrogens (tertiary/aromatic N) is 1. The number of nitrogen functional groups attached to an aromatic ring is 1. The van der Waals surface area contributed by atoms with Crippen LogP contribution in [0.2, 0.25) is 0 Å². The number of rotatable bonds is 8. The topological polar surface area (TPSA) is 66.6 Å². The summed E-state index contributed by atoms with van der Waals surface area (Å²) in [6, 6.07) is 3.45. The lowest BCUT2D eigenvalue weighted by molar-refractivity contribution is 0.0804. The minimum absolute atomic E-state index is 0.415. The van der Waals surface area contributed by atoms with Gasteiger partial charge in [-0.1, -0.05) is 13.8 Å². The lowest BCUT2D eigenvalue weighted by Crippen LogP contribution is -2.11. The van der Waals surface area contributed by atoms with E-state index in [9.17, 15) is 0 Å². The molecule has 0 radical (unpaired) electrons. The van der Waals surface area contributed by atoms with E-state index in [1.54, 1.807) is 12.1 Å². The molecule has 0 aliphatic carbocycles. The highest BCUT2D eigenvalue weighted by Crippen LogP contribution is 2.21. The second-order valence-corrected chi connectivity index (χ2v) is 4.29. The summed E-state index contributed by atoms with van der Waals surface area (Å²) in [6.45, 7) is 8.38. The molecular weight excluding hydrogens is 232 g/mol. The van der Waals surface area contributed by atoms with E-state index in [4.69, 9.17) is 19.9 Å². The fourth-order valence-corrected chi connectivity index (χ4v) is 1.29. The summed E-state index contributed by atoms with van der Waals surface area (Å²) in [7, 11) is 0. The zero-order valence-corrected chi connectivity index (χ0v) is 11.3. The second kappa shape index (κ2) is 7.76. The zero-order chi connectivity index (χ0) is 13.4. The Labute approximate surface area is 108 Å². The fourth-order valence-electron chi connectivity index (χ4n) is 1.29. The molecule has 1 heterocycles. The Hall–Kier alpha value is -1.49. The Morgan fingerprint density at radius 1 is 1.22 bits per heavy atom. The highest BCUT2D eigenvalue weighted by molar-refractivity contribution is 5.49. The average Bonchev–Trinajstić information content (AvgIpc) is 2.32. The van der Waals surface area contributed by atoms with Crippen molar-refractivity contribution in [2.45, 2.75) is 20.8 Å². The van der Waals surface area contributed by atoms with Crippen molar-refractivity contribution in [3.8, 4) is 11.8 Å². The minimum atomic E-state index is 0.415. The predicted octanol–water partition coefficient (Wildman–Crippen LogP) is 2.11. The van der Waals surface area contributed by atoms with E-state index in [0.29, 0.717) is 43.2 Å². The summed E-state index contributed by atoms with van der Waals surface area (Å²) >= 11 is 0. The summed E-state index contributed by atoms with van der Waals surface area (Å²) in [5, 5.41) is 0. The van der Waals surface area contributed by atoms with E-state index in [1.807, 2.05) is 6.92 Å². The maximum Gasteiger partial charge on any atom is 0.240 e. The van der Waals surface area contributed by atoms with Gasteiger partial charge in [-0.05, 0) is 18.9 Å². The number of nitrogens with two attached hydrogens (primary N) is 1. The van der Waals surface area contributed by atoms with Gasteiger partial charge in [0.25, 0.3) is 0 Å². The van der Waals surface area contributed by atoms with Crippen LogP contribution in [0.4, 0.5) is 5.69 Å². The van der Waals surface area contributed by atoms with Gasteiger partial charge in [0.15, 0.2) is 0 Å². The molecule has 18 heavy (non-hydrogen) atoms. The Morgan fingerprint density at radius 3 is 2.67 bits per heavy atom. The van der Waals surface area contributed by atoms with Gasteiger partial charge in [-0.25, -0.2) is 0 Å². The van der Waals surface area contributed by atoms with Crippen LogP contribution in [0.5, 0.6) is 11.8 Å². The van der Waals surface area contributed by atoms with Crippen molar-refractivity contribution < 1.29 is 14.2 Å². The number of hydrogen-bond donors (Lipinski definition) is 1. The molecule has 0 aliphatic rings. The van der Waals surface area contributed by atoms with Gasteiger partial charge >= 0.3 is 0 Å². The van der Waals surface area contributed by atoms with Gasteiger partial charge in [0, 0.05) is 12.7 Å². The molecule has 5 heteroatoms. The van der Waals surface area contributed by atoms with Gasteiger partial charge in [0.2, 0.25) is 11.8 Å². The van der Waals surface area contributed by atoms with E-state index < -0.39 is 0 Å². The van der Waals surface area contributed by atoms with Gasteiger partial charge in [-0.2, -0.15) is 4.98 Å². The largest absolute Gasteiger partial charge is 0.476 e. The van der Waals surface area contributed by atoms with Crippen molar-refractivity contribution >= 4 is 5.69 Å². The minimum Gasteiger partial charge on any atom is -0.476 e. The molecule has 0 amide bonds. The van der Waals surface area contributed by atoms with E-state index in [2.05, 4.69) is 18.8 Å². The average molecular weight is 254 g/mol. The molecule has 0 saturated carbocycles. The number of anilines is 1. The van der Waals surface area contributed by atoms with Crippen molar-refractivity contribution in [3.05, 3.63) is 12.1 Å². The number of aromatic nitrogens is 1. The molecule has 0 spiro atoms. The molecule has 0 aromatic carbocycles. The maximum absolute atomic E-state index is 5.72. The molecule has 1 aromatic heterocycles. The summed E-state index contributed by atoms with van der Waals surface area (Å²) in [5.74, 6) is 1.45. The molecule has 1 aromatic rings. The molecule has 5 nitrogen and oxygen atoms in total. The molecule has 102 valence electrons. The molecule has 0 fully saturated rings. The standard InChI is InChI=1S/C13H22N2O3/c1-4-17-13-11(14)5-6-12(15-13)18-8-7-16-9-10(2)3/h5-6,10H,4,7-9,14H2,1-3H3. The Balaban J connectivity index is 2.35. The normalized spacial score (nSPS) is 10.7. The monoisotopic (exact) mass is 254 g/mol. The van der Waals surface area contributed by atoms with Gasteiger partial charge in [0.05, 0.1) is 18.9 Å². The van der Waals surface area contributed by atoms with Crippen molar-refractivity contribution in [1.82, 2.24) is 4.98 Å². The molecular formula is C13H22N2O3. The van der Waals surface area contributed by atoms with Crippen LogP contribution in [0.25, 0.3) is 0 Å². The molecule has 0 aliphatic heterocycles. The van der Waals surface area contributed by atoms with Gasteiger partial charge in [-0.3, -0.25) is 0 Å². The molecule has 0 atom stereocenters. The van der Waals surface area contributed by atoms with Crippen LogP contribution in [0.3, 0.4) is 0 Å². The fraction of sp³-hybridized carbons (Fsp3) is 0.615. The smallest absolute Gasteiger partial charge is 0.240 e. The third kappa shape index (κ3) is 5.23. The molecule has 1 rings (SSSR count). The summed E-state index contributed by atoms with van der Waals surface area (Å²) in [5.41, 5.74) is 6.23. The highest BCUT2D eigenvalue weighted by atomic mass is 16.5. The third-order valence-corrected chi connectivity index (χ3v) is 2.07. The number of ether oxygens (including phenoxy) is 3. The van der Waals surface area contributed by atoms with Gasteiger partial charge in [-0.15, -0.1) is 0 Å². The van der Waals surface area contributed by atoms with Crippen molar-refractivity contribution in [3.63, 3.8) is 0 Å². The third-order valence-electron chi connectivity index (χ3n) is 2.07. The van der Waals surface area contributed by atoms with E-state index >= 15 is 0 Å². The van der Waals surface area contributed by atoms with Gasteiger partial charge in [0.1, 0.15) is 6.61 Å². The molecule has 0 unspecified atom stereocenters. The first-order valence-corrected chi connectivity index (χ1v) is 6.23. The lowest BCUT2D eigenvalue weighted by atomic mass is 10.2. The molecule has 2 N–H and O–H groups in total. The molecule has 0 bridgehead atoms. The van der Waals surface area contributed by atoms with Crippen LogP contribution < -0.4 is 15.2 Å². The Morgan fingerprint density at radius 2 is 2.00 bits per heavy atom. The zero-order valence-electron chi connectivity index (χ0n) is 11.3. The molecule has 0 saturated heterocycles.